The second-order valence-electron chi connectivity index (χ2n) is 2.90. The largest absolute Gasteiger partial charge is 0.476 e. The third-order valence-corrected chi connectivity index (χ3v) is 1.66. The zero-order valence-electron chi connectivity index (χ0n) is 8.34. The first-order valence-electron chi connectivity index (χ1n) is 4.53. The van der Waals surface area contributed by atoms with Crippen LogP contribution in [0.1, 0.15) is 26.2 Å². The van der Waals surface area contributed by atoms with E-state index in [1.54, 1.807) is 0 Å². The molecule has 0 aliphatic heterocycles. The average Bonchev–Trinajstić information content (AvgIpc) is 2.11. The van der Waals surface area contributed by atoms with Crippen LogP contribution in [0.5, 0.6) is 0 Å². The number of nitrogens with zero attached hydrogens (tertiary/aromatic N) is 1. The molecule has 15 heavy (non-hydrogen) atoms. The average molecular weight is 219 g/mol. The first kappa shape index (κ1) is 13.3. The zero-order valence-corrected chi connectivity index (χ0v) is 8.34. The van der Waals surface area contributed by atoms with Crippen LogP contribution in [-0.4, -0.2) is 34.6 Å². The second-order valence-corrected chi connectivity index (χ2v) is 2.90. The molecule has 0 aromatic heterocycles. The first-order chi connectivity index (χ1) is 7.00. The highest BCUT2D eigenvalue weighted by molar-refractivity contribution is 5.96. The fourth-order valence-corrected chi connectivity index (χ4v) is 0.881. The molecule has 0 fully saturated rings. The van der Waals surface area contributed by atoms with Crippen molar-refractivity contribution in [3.63, 3.8) is 0 Å². The van der Waals surface area contributed by atoms with Gasteiger partial charge in [0.1, 0.15) is 0 Å². The molecular weight excluding hydrogens is 206 g/mol. The molecule has 7 nitrogen and oxygen atoms in total. The summed E-state index contributed by atoms with van der Waals surface area (Å²) in [6.07, 6.45) is 2.31. The molecule has 0 aromatic rings. The highest BCUT2D eigenvalue weighted by Gasteiger charge is 2.39. The molecule has 0 heterocycles. The topological polar surface area (TPSA) is 107 Å². The fraction of sp³-hybridized carbons (Fsp3) is 0.750. The van der Waals surface area contributed by atoms with Crippen molar-refractivity contribution in [2.24, 2.45) is 0 Å². The van der Waals surface area contributed by atoms with Crippen LogP contribution < -0.4 is 0 Å². The van der Waals surface area contributed by atoms with Gasteiger partial charge in [0.25, 0.3) is 0 Å². The molecule has 7 heteroatoms. The van der Waals surface area contributed by atoms with Gasteiger partial charge in [0.05, 0.1) is 6.61 Å². The molecular formula is C8H13NO6. The number of carbonyl (C=O) groups excluding carboxylic acids is 1. The van der Waals surface area contributed by atoms with Crippen molar-refractivity contribution < 1.29 is 24.4 Å². The Balaban J connectivity index is 4.05. The summed E-state index contributed by atoms with van der Waals surface area (Å²) in [5.41, 5.74) is 0. The smallest absolute Gasteiger partial charge is 0.401 e. The highest BCUT2D eigenvalue weighted by Crippen LogP contribution is 1.99. The number of carboxylic acids is 1. The molecule has 0 saturated heterocycles. The lowest BCUT2D eigenvalue weighted by atomic mass is 10.3. The van der Waals surface area contributed by atoms with Gasteiger partial charge in [-0.25, -0.2) is 9.59 Å². The van der Waals surface area contributed by atoms with Crippen molar-refractivity contribution in [1.29, 1.82) is 0 Å². The number of hydrogen-bond acceptors (Lipinski definition) is 5. The minimum atomic E-state index is -2.31. The van der Waals surface area contributed by atoms with E-state index in [-0.39, 0.29) is 6.61 Å². The van der Waals surface area contributed by atoms with E-state index in [1.165, 1.54) is 0 Å². The Hall–Kier alpha value is -1.66. The normalized spacial score (nSPS) is 11.8. The van der Waals surface area contributed by atoms with E-state index < -0.39 is 22.9 Å². The molecule has 1 atom stereocenters. The SMILES string of the molecule is CCCCCOC(=O)C(C(=O)O)[N+](=O)[O-]. The molecule has 0 spiro atoms. The van der Waals surface area contributed by atoms with Crippen molar-refractivity contribution >= 4 is 11.9 Å². The van der Waals surface area contributed by atoms with E-state index in [0.29, 0.717) is 6.42 Å². The minimum Gasteiger partial charge on any atom is -0.476 e. The molecule has 86 valence electrons. The van der Waals surface area contributed by atoms with Crippen LogP contribution in [0.3, 0.4) is 0 Å². The van der Waals surface area contributed by atoms with Gasteiger partial charge < -0.3 is 9.84 Å². The molecule has 0 aromatic carbocycles. The number of aliphatic carboxylic acids is 1. The molecule has 0 bridgehead atoms. The van der Waals surface area contributed by atoms with Crippen molar-refractivity contribution in [2.45, 2.75) is 32.2 Å². The van der Waals surface area contributed by atoms with Gasteiger partial charge in [-0.1, -0.05) is 19.8 Å². The van der Waals surface area contributed by atoms with E-state index in [9.17, 15) is 19.7 Å². The van der Waals surface area contributed by atoms with Gasteiger partial charge in [-0.2, -0.15) is 0 Å². The monoisotopic (exact) mass is 219 g/mol. The summed E-state index contributed by atoms with van der Waals surface area (Å²) in [4.78, 5) is 30.3. The number of carboxylic acid groups (broad SMARTS) is 1. The number of esters is 1. The van der Waals surface area contributed by atoms with Gasteiger partial charge >= 0.3 is 18.0 Å². The quantitative estimate of drug-likeness (QED) is 0.219. The molecule has 0 aliphatic carbocycles. The van der Waals surface area contributed by atoms with Crippen molar-refractivity contribution in [2.75, 3.05) is 6.61 Å². The van der Waals surface area contributed by atoms with Crippen molar-refractivity contribution in [3.05, 3.63) is 10.1 Å². The number of ether oxygens (including phenoxy) is 1. The third-order valence-electron chi connectivity index (χ3n) is 1.66. The van der Waals surface area contributed by atoms with Gasteiger partial charge in [0, 0.05) is 4.92 Å². The Kier molecular flexibility index (Phi) is 6.00. The molecule has 0 radical (unpaired) electrons. The van der Waals surface area contributed by atoms with Gasteiger partial charge in [-0.3, -0.25) is 10.1 Å². The van der Waals surface area contributed by atoms with Crippen LogP contribution >= 0.6 is 0 Å². The third kappa shape index (κ3) is 4.94. The fourth-order valence-electron chi connectivity index (χ4n) is 0.881. The van der Waals surface area contributed by atoms with Gasteiger partial charge in [-0.15, -0.1) is 0 Å². The van der Waals surface area contributed by atoms with E-state index >= 15 is 0 Å². The molecule has 0 aliphatic rings. The van der Waals surface area contributed by atoms with Crippen LogP contribution in [0.2, 0.25) is 0 Å². The van der Waals surface area contributed by atoms with Crippen LogP contribution in [-0.2, 0) is 14.3 Å². The Labute approximate surface area is 86.2 Å². The summed E-state index contributed by atoms with van der Waals surface area (Å²) in [5, 5.41) is 18.6. The minimum absolute atomic E-state index is 0.0181. The number of carbonyl (C=O) groups is 2. The highest BCUT2D eigenvalue weighted by atomic mass is 16.6. The maximum Gasteiger partial charge on any atom is 0.401 e. The predicted molar refractivity (Wildman–Crippen MR) is 48.9 cm³/mol. The first-order valence-corrected chi connectivity index (χ1v) is 4.53. The number of unbranched alkanes of at least 4 members (excludes halogenated alkanes) is 2. The summed E-state index contributed by atoms with van der Waals surface area (Å²) in [6, 6.07) is -2.31. The maximum atomic E-state index is 10.9. The molecule has 1 N–H and O–H groups in total. The summed E-state index contributed by atoms with van der Waals surface area (Å²) in [6.45, 7) is 1.96. The van der Waals surface area contributed by atoms with Crippen LogP contribution in [0, 0.1) is 10.1 Å². The van der Waals surface area contributed by atoms with E-state index in [4.69, 9.17) is 5.11 Å². The van der Waals surface area contributed by atoms with E-state index in [0.717, 1.165) is 12.8 Å². The Bertz CT molecular complexity index is 238. The summed E-state index contributed by atoms with van der Waals surface area (Å²) in [5.74, 6) is -3.12. The zero-order chi connectivity index (χ0) is 11.8. The van der Waals surface area contributed by atoms with Gasteiger partial charge in [-0.05, 0) is 6.42 Å². The van der Waals surface area contributed by atoms with E-state index in [1.807, 2.05) is 6.92 Å². The van der Waals surface area contributed by atoms with Gasteiger partial charge in [0.2, 0.25) is 0 Å². The standard InChI is InChI=1S/C8H13NO6/c1-2-3-4-5-15-8(12)6(7(10)11)9(13)14/h6H,2-5H2,1H3,(H,10,11). The van der Waals surface area contributed by atoms with Gasteiger partial charge in [0.15, 0.2) is 0 Å². The lowest BCUT2D eigenvalue weighted by Gasteiger charge is -2.05. The summed E-state index contributed by atoms with van der Waals surface area (Å²) >= 11 is 0. The Morgan fingerprint density at radius 3 is 2.47 bits per heavy atom. The molecule has 0 amide bonds. The maximum absolute atomic E-state index is 10.9. The summed E-state index contributed by atoms with van der Waals surface area (Å²) < 4.78 is 4.47. The Morgan fingerprint density at radius 2 is 2.07 bits per heavy atom. The lowest BCUT2D eigenvalue weighted by molar-refractivity contribution is -0.499. The molecule has 1 unspecified atom stereocenters. The van der Waals surface area contributed by atoms with E-state index in [2.05, 4.69) is 4.74 Å². The van der Waals surface area contributed by atoms with Crippen molar-refractivity contribution in [1.82, 2.24) is 0 Å². The second kappa shape index (κ2) is 6.74. The Morgan fingerprint density at radius 1 is 1.47 bits per heavy atom. The lowest BCUT2D eigenvalue weighted by Crippen LogP contribution is -2.38. The van der Waals surface area contributed by atoms with Crippen LogP contribution in [0.25, 0.3) is 0 Å². The number of hydrogen-bond donors (Lipinski definition) is 1. The molecule has 0 rings (SSSR count). The predicted octanol–water partition coefficient (Wildman–Crippen LogP) is 0.450. The number of nitro groups is 1. The number of rotatable bonds is 7. The van der Waals surface area contributed by atoms with Crippen LogP contribution in [0.15, 0.2) is 0 Å². The van der Waals surface area contributed by atoms with Crippen LogP contribution in [0.4, 0.5) is 0 Å². The molecule has 0 saturated carbocycles. The van der Waals surface area contributed by atoms with Crippen molar-refractivity contribution in [3.8, 4) is 0 Å². The summed E-state index contributed by atoms with van der Waals surface area (Å²) in [7, 11) is 0.